The van der Waals surface area contributed by atoms with Gasteiger partial charge >= 0.3 is 5.97 Å². The number of carbonyl (C=O) groups excluding carboxylic acids is 1. The molecular weight excluding hydrogens is 360 g/mol. The van der Waals surface area contributed by atoms with E-state index in [-0.39, 0.29) is 24.9 Å². The molecule has 1 fully saturated rings. The number of oxazole rings is 1. The van der Waals surface area contributed by atoms with E-state index in [4.69, 9.17) is 25.9 Å². The highest BCUT2D eigenvalue weighted by molar-refractivity contribution is 6.30. The summed E-state index contributed by atoms with van der Waals surface area (Å²) in [5.41, 5.74) is 1.21. The predicted molar refractivity (Wildman–Crippen MR) is 93.8 cm³/mol. The van der Waals surface area contributed by atoms with Crippen LogP contribution in [0.25, 0.3) is 11.5 Å². The van der Waals surface area contributed by atoms with Crippen molar-refractivity contribution in [2.24, 2.45) is 0 Å². The maximum Gasteiger partial charge on any atom is 0.323 e. The Kier molecular flexibility index (Phi) is 5.90. The molecular formula is C18H19ClN2O5. The monoisotopic (exact) mass is 378 g/mol. The minimum atomic E-state index is -1.04. The highest BCUT2D eigenvalue weighted by atomic mass is 35.5. The number of ether oxygens (including phenoxy) is 1. The molecule has 0 aliphatic carbocycles. The Labute approximate surface area is 155 Å². The molecule has 8 heteroatoms. The molecule has 7 nitrogen and oxygen atoms in total. The fourth-order valence-corrected chi connectivity index (χ4v) is 3.06. The molecule has 138 valence electrons. The number of carboxylic acids is 1. The molecule has 0 radical (unpaired) electrons. The van der Waals surface area contributed by atoms with Crippen LogP contribution in [-0.4, -0.2) is 52.7 Å². The van der Waals surface area contributed by atoms with E-state index in [9.17, 15) is 9.59 Å². The van der Waals surface area contributed by atoms with Crippen molar-refractivity contribution in [1.29, 1.82) is 0 Å². The van der Waals surface area contributed by atoms with E-state index < -0.39 is 5.97 Å². The molecule has 1 aromatic heterocycles. The van der Waals surface area contributed by atoms with Crippen LogP contribution < -0.4 is 0 Å². The molecule has 1 N–H and O–H groups in total. The van der Waals surface area contributed by atoms with Crippen molar-refractivity contribution in [2.45, 2.75) is 25.3 Å². The van der Waals surface area contributed by atoms with Gasteiger partial charge in [0.25, 0.3) is 0 Å². The standard InChI is InChI=1S/C18H19ClN2O5/c19-13-3-1-12(2-4-13)18-20-14(11-26-18)9-16(22)21(10-17(23)24)15-5-7-25-8-6-15/h1-4,11,15H,5-10H2,(H,23,24). The third-order valence-corrected chi connectivity index (χ3v) is 4.48. The third-order valence-electron chi connectivity index (χ3n) is 4.23. The molecule has 1 saturated heterocycles. The fourth-order valence-electron chi connectivity index (χ4n) is 2.93. The summed E-state index contributed by atoms with van der Waals surface area (Å²) in [5, 5.41) is 9.74. The predicted octanol–water partition coefficient (Wildman–Crippen LogP) is 2.63. The Morgan fingerprint density at radius 1 is 1.23 bits per heavy atom. The summed E-state index contributed by atoms with van der Waals surface area (Å²) >= 11 is 5.87. The van der Waals surface area contributed by atoms with Gasteiger partial charge in [-0.3, -0.25) is 9.59 Å². The number of nitrogens with zero attached hydrogens (tertiary/aromatic N) is 2. The highest BCUT2D eigenvalue weighted by Gasteiger charge is 2.28. The SMILES string of the molecule is O=C(O)CN(C(=O)Cc1coc(-c2ccc(Cl)cc2)n1)C1CCOCC1. The average Bonchev–Trinajstić information content (AvgIpc) is 3.09. The van der Waals surface area contributed by atoms with Gasteiger partial charge in [0.2, 0.25) is 11.8 Å². The Morgan fingerprint density at radius 3 is 2.58 bits per heavy atom. The van der Waals surface area contributed by atoms with Gasteiger partial charge in [-0.1, -0.05) is 11.6 Å². The molecule has 2 heterocycles. The van der Waals surface area contributed by atoms with E-state index in [2.05, 4.69) is 4.98 Å². The molecule has 0 unspecified atom stereocenters. The van der Waals surface area contributed by atoms with E-state index in [0.717, 1.165) is 5.56 Å². The van der Waals surface area contributed by atoms with Crippen molar-refractivity contribution in [3.05, 3.63) is 41.2 Å². The quantitative estimate of drug-likeness (QED) is 0.830. The summed E-state index contributed by atoms with van der Waals surface area (Å²) in [4.78, 5) is 29.5. The number of rotatable bonds is 6. The van der Waals surface area contributed by atoms with Crippen molar-refractivity contribution in [1.82, 2.24) is 9.88 Å². The molecule has 1 aliphatic rings. The Hall–Kier alpha value is -2.38. The molecule has 1 amide bonds. The molecule has 1 aromatic carbocycles. The fraction of sp³-hybridized carbons (Fsp3) is 0.389. The van der Waals surface area contributed by atoms with E-state index in [1.807, 2.05) is 0 Å². The Bertz CT molecular complexity index is 768. The first-order valence-electron chi connectivity index (χ1n) is 8.32. The van der Waals surface area contributed by atoms with Gasteiger partial charge in [-0.25, -0.2) is 4.98 Å². The highest BCUT2D eigenvalue weighted by Crippen LogP contribution is 2.22. The van der Waals surface area contributed by atoms with Gasteiger partial charge in [0.15, 0.2) is 0 Å². The summed E-state index contributed by atoms with van der Waals surface area (Å²) in [6.45, 7) is 0.725. The van der Waals surface area contributed by atoms with Gasteiger partial charge in [-0.05, 0) is 37.1 Å². The second kappa shape index (κ2) is 8.33. The first-order chi connectivity index (χ1) is 12.5. The van der Waals surface area contributed by atoms with Gasteiger partial charge in [-0.2, -0.15) is 0 Å². The van der Waals surface area contributed by atoms with Crippen molar-refractivity contribution in [3.63, 3.8) is 0 Å². The van der Waals surface area contributed by atoms with Crippen LogP contribution in [0, 0.1) is 0 Å². The van der Waals surface area contributed by atoms with Crippen LogP contribution in [0.1, 0.15) is 18.5 Å². The molecule has 0 spiro atoms. The van der Waals surface area contributed by atoms with Gasteiger partial charge in [0, 0.05) is 29.8 Å². The lowest BCUT2D eigenvalue weighted by atomic mass is 10.1. The number of halogens is 1. The van der Waals surface area contributed by atoms with Crippen LogP contribution in [0.4, 0.5) is 0 Å². The smallest absolute Gasteiger partial charge is 0.323 e. The zero-order valence-electron chi connectivity index (χ0n) is 14.1. The minimum absolute atomic E-state index is 0.0122. The normalized spacial score (nSPS) is 15.0. The van der Waals surface area contributed by atoms with Crippen molar-refractivity contribution < 1.29 is 23.8 Å². The second-order valence-corrected chi connectivity index (χ2v) is 6.52. The topological polar surface area (TPSA) is 92.9 Å². The molecule has 0 saturated carbocycles. The van der Waals surface area contributed by atoms with Crippen LogP contribution in [-0.2, 0) is 20.7 Å². The third kappa shape index (κ3) is 4.62. The lowest BCUT2D eigenvalue weighted by molar-refractivity contribution is -0.147. The summed E-state index contributed by atoms with van der Waals surface area (Å²) in [7, 11) is 0. The molecule has 0 atom stereocenters. The van der Waals surface area contributed by atoms with Crippen molar-refractivity contribution >= 4 is 23.5 Å². The van der Waals surface area contributed by atoms with Gasteiger partial charge < -0.3 is 19.2 Å². The lowest BCUT2D eigenvalue weighted by Crippen LogP contribution is -2.46. The second-order valence-electron chi connectivity index (χ2n) is 6.09. The molecule has 1 aliphatic heterocycles. The number of aromatic nitrogens is 1. The van der Waals surface area contributed by atoms with Crippen LogP contribution in [0.3, 0.4) is 0 Å². The summed E-state index contributed by atoms with van der Waals surface area (Å²) in [6, 6.07) is 6.88. The largest absolute Gasteiger partial charge is 0.480 e. The van der Waals surface area contributed by atoms with Crippen LogP contribution in [0.15, 0.2) is 34.9 Å². The van der Waals surface area contributed by atoms with Crippen LogP contribution >= 0.6 is 11.6 Å². The van der Waals surface area contributed by atoms with E-state index in [1.54, 1.807) is 24.3 Å². The molecule has 2 aromatic rings. The molecule has 0 bridgehead atoms. The van der Waals surface area contributed by atoms with Crippen molar-refractivity contribution in [3.8, 4) is 11.5 Å². The number of carbonyl (C=O) groups is 2. The van der Waals surface area contributed by atoms with E-state index in [0.29, 0.717) is 42.7 Å². The Balaban J connectivity index is 1.70. The number of aliphatic carboxylic acids is 1. The van der Waals surface area contributed by atoms with Gasteiger partial charge in [-0.15, -0.1) is 0 Å². The lowest BCUT2D eigenvalue weighted by Gasteiger charge is -2.33. The molecule has 26 heavy (non-hydrogen) atoms. The van der Waals surface area contributed by atoms with E-state index in [1.165, 1.54) is 11.2 Å². The number of benzene rings is 1. The minimum Gasteiger partial charge on any atom is -0.480 e. The summed E-state index contributed by atoms with van der Waals surface area (Å²) in [6.07, 6.45) is 2.67. The maximum atomic E-state index is 12.7. The van der Waals surface area contributed by atoms with Crippen LogP contribution in [0.2, 0.25) is 5.02 Å². The zero-order valence-corrected chi connectivity index (χ0v) is 14.8. The molecule has 3 rings (SSSR count). The van der Waals surface area contributed by atoms with Crippen molar-refractivity contribution in [2.75, 3.05) is 19.8 Å². The number of amides is 1. The summed E-state index contributed by atoms with van der Waals surface area (Å²) < 4.78 is 10.7. The average molecular weight is 379 g/mol. The number of hydrogen-bond acceptors (Lipinski definition) is 5. The first kappa shape index (κ1) is 18.4. The number of hydrogen-bond donors (Lipinski definition) is 1. The maximum absolute atomic E-state index is 12.7. The first-order valence-corrected chi connectivity index (χ1v) is 8.70. The summed E-state index contributed by atoms with van der Waals surface area (Å²) in [5.74, 6) is -0.928. The zero-order chi connectivity index (χ0) is 18.5. The van der Waals surface area contributed by atoms with Crippen LogP contribution in [0.5, 0.6) is 0 Å². The van der Waals surface area contributed by atoms with Gasteiger partial charge in [0.1, 0.15) is 12.8 Å². The van der Waals surface area contributed by atoms with E-state index >= 15 is 0 Å². The Morgan fingerprint density at radius 2 is 1.92 bits per heavy atom. The van der Waals surface area contributed by atoms with Gasteiger partial charge in [0.05, 0.1) is 12.1 Å². The number of carboxylic acid groups (broad SMARTS) is 1.